The number of likely N-dealkylation sites (N-methyl/N-ethyl adjacent to an activating group) is 2. The van der Waals surface area contributed by atoms with Gasteiger partial charge in [-0.3, -0.25) is 0 Å². The molecule has 1 N–H and O–H groups in total. The lowest BCUT2D eigenvalue weighted by Crippen LogP contribution is -2.48. The highest BCUT2D eigenvalue weighted by molar-refractivity contribution is 5.28. The second-order valence-corrected chi connectivity index (χ2v) is 5.28. The summed E-state index contributed by atoms with van der Waals surface area (Å²) in [5, 5.41) is 3.28. The van der Waals surface area contributed by atoms with E-state index < -0.39 is 0 Å². The van der Waals surface area contributed by atoms with Gasteiger partial charge in [0.05, 0.1) is 0 Å². The number of nitrogens with one attached hydrogen (secondary N) is 1. The molecule has 2 nitrogen and oxygen atoms in total. The molecule has 0 aliphatic rings. The van der Waals surface area contributed by atoms with Crippen LogP contribution in [0.2, 0.25) is 0 Å². The van der Waals surface area contributed by atoms with Crippen LogP contribution >= 0.6 is 0 Å². The number of halogens is 1. The van der Waals surface area contributed by atoms with E-state index in [2.05, 4.69) is 24.1 Å². The summed E-state index contributed by atoms with van der Waals surface area (Å²) in [7, 11) is 5.98. The molecule has 0 bridgehead atoms. The van der Waals surface area contributed by atoms with Gasteiger partial charge in [-0.15, -0.1) is 0 Å². The minimum atomic E-state index is -0.141. The van der Waals surface area contributed by atoms with Crippen LogP contribution in [-0.2, 0) is 0 Å². The van der Waals surface area contributed by atoms with Crippen molar-refractivity contribution in [3.8, 4) is 0 Å². The Morgan fingerprint density at radius 3 is 2.29 bits per heavy atom. The number of hydrogen-bond donors (Lipinski definition) is 1. The van der Waals surface area contributed by atoms with Gasteiger partial charge in [-0.1, -0.05) is 12.1 Å². The van der Waals surface area contributed by atoms with Gasteiger partial charge in [0.25, 0.3) is 0 Å². The number of hydrogen-bond acceptors (Lipinski definition) is 2. The standard InChI is InChI=1S/C14H23FN2/c1-10-7-8-11(9-12(10)15)13(16-4)14(2,3)17(5)6/h7-9,13,16H,1-6H3. The van der Waals surface area contributed by atoms with Crippen molar-refractivity contribution < 1.29 is 4.39 Å². The van der Waals surface area contributed by atoms with Crippen LogP contribution in [0.15, 0.2) is 18.2 Å². The zero-order chi connectivity index (χ0) is 13.2. The fraction of sp³-hybridized carbons (Fsp3) is 0.571. The molecule has 0 aliphatic heterocycles. The summed E-state index contributed by atoms with van der Waals surface area (Å²) in [6.45, 7) is 6.07. The normalized spacial score (nSPS) is 14.1. The van der Waals surface area contributed by atoms with Gasteiger partial charge in [-0.05, 0) is 59.1 Å². The van der Waals surface area contributed by atoms with E-state index in [4.69, 9.17) is 0 Å². The van der Waals surface area contributed by atoms with Crippen LogP contribution in [0.5, 0.6) is 0 Å². The molecular formula is C14H23FN2. The number of nitrogens with zero attached hydrogens (tertiary/aromatic N) is 1. The Morgan fingerprint density at radius 1 is 1.29 bits per heavy atom. The van der Waals surface area contributed by atoms with Crippen LogP contribution < -0.4 is 5.32 Å². The van der Waals surface area contributed by atoms with E-state index in [0.717, 1.165) is 5.56 Å². The summed E-state index contributed by atoms with van der Waals surface area (Å²) in [6.07, 6.45) is 0. The zero-order valence-electron chi connectivity index (χ0n) is 11.6. The first-order chi connectivity index (χ1) is 7.80. The van der Waals surface area contributed by atoms with Crippen molar-refractivity contribution in [3.05, 3.63) is 35.1 Å². The van der Waals surface area contributed by atoms with Crippen LogP contribution in [0, 0.1) is 12.7 Å². The van der Waals surface area contributed by atoms with Crippen LogP contribution in [0.1, 0.15) is 31.0 Å². The van der Waals surface area contributed by atoms with Crippen molar-refractivity contribution in [3.63, 3.8) is 0 Å². The molecule has 0 heterocycles. The molecule has 1 aromatic carbocycles. The van der Waals surface area contributed by atoms with Gasteiger partial charge in [0.1, 0.15) is 5.82 Å². The van der Waals surface area contributed by atoms with E-state index in [9.17, 15) is 4.39 Å². The Morgan fingerprint density at radius 2 is 1.88 bits per heavy atom. The highest BCUT2D eigenvalue weighted by atomic mass is 19.1. The molecule has 3 heteroatoms. The lowest BCUT2D eigenvalue weighted by atomic mass is 9.87. The molecule has 0 aliphatic carbocycles. The average Bonchev–Trinajstić information content (AvgIpc) is 2.23. The summed E-state index contributed by atoms with van der Waals surface area (Å²) >= 11 is 0. The molecule has 1 unspecified atom stereocenters. The predicted octanol–water partition coefficient (Wildman–Crippen LogP) is 2.73. The first-order valence-electron chi connectivity index (χ1n) is 5.91. The molecule has 1 rings (SSSR count). The second kappa shape index (κ2) is 5.15. The Bertz CT molecular complexity index is 386. The van der Waals surface area contributed by atoms with E-state index in [0.29, 0.717) is 5.56 Å². The Labute approximate surface area is 104 Å². The third kappa shape index (κ3) is 2.85. The zero-order valence-corrected chi connectivity index (χ0v) is 11.6. The van der Waals surface area contributed by atoms with Crippen molar-refractivity contribution >= 4 is 0 Å². The number of aryl methyl sites for hydroxylation is 1. The maximum absolute atomic E-state index is 13.6. The van der Waals surface area contributed by atoms with Crippen molar-refractivity contribution in [1.29, 1.82) is 0 Å². The van der Waals surface area contributed by atoms with Crippen molar-refractivity contribution in [2.24, 2.45) is 0 Å². The minimum Gasteiger partial charge on any atom is -0.311 e. The first-order valence-corrected chi connectivity index (χ1v) is 5.91. The molecule has 0 saturated heterocycles. The molecule has 0 saturated carbocycles. The molecular weight excluding hydrogens is 215 g/mol. The molecule has 0 amide bonds. The van der Waals surface area contributed by atoms with Crippen LogP contribution in [0.4, 0.5) is 4.39 Å². The second-order valence-electron chi connectivity index (χ2n) is 5.28. The molecule has 0 aromatic heterocycles. The largest absolute Gasteiger partial charge is 0.311 e. The fourth-order valence-electron chi connectivity index (χ4n) is 1.97. The molecule has 17 heavy (non-hydrogen) atoms. The Balaban J connectivity index is 3.14. The molecule has 1 atom stereocenters. The molecule has 0 fully saturated rings. The third-order valence-corrected chi connectivity index (χ3v) is 3.68. The van der Waals surface area contributed by atoms with E-state index in [1.807, 2.05) is 33.3 Å². The summed E-state index contributed by atoms with van der Waals surface area (Å²) < 4.78 is 13.6. The lowest BCUT2D eigenvalue weighted by molar-refractivity contribution is 0.142. The van der Waals surface area contributed by atoms with Gasteiger partial charge in [0.15, 0.2) is 0 Å². The van der Waals surface area contributed by atoms with Gasteiger partial charge in [-0.25, -0.2) is 4.39 Å². The smallest absolute Gasteiger partial charge is 0.126 e. The predicted molar refractivity (Wildman–Crippen MR) is 70.7 cm³/mol. The van der Waals surface area contributed by atoms with Crippen LogP contribution in [-0.4, -0.2) is 31.6 Å². The SMILES string of the molecule is CNC(c1ccc(C)c(F)c1)C(C)(C)N(C)C. The van der Waals surface area contributed by atoms with E-state index in [1.165, 1.54) is 0 Å². The maximum atomic E-state index is 13.6. The van der Waals surface area contributed by atoms with Gasteiger partial charge < -0.3 is 10.2 Å². The molecule has 1 aromatic rings. The monoisotopic (exact) mass is 238 g/mol. The number of benzene rings is 1. The summed E-state index contributed by atoms with van der Waals surface area (Å²) in [4.78, 5) is 2.14. The van der Waals surface area contributed by atoms with Crippen molar-refractivity contribution in [2.75, 3.05) is 21.1 Å². The summed E-state index contributed by atoms with van der Waals surface area (Å²) in [5.74, 6) is -0.141. The Hall–Kier alpha value is -0.930. The Kier molecular flexibility index (Phi) is 4.28. The van der Waals surface area contributed by atoms with Crippen LogP contribution in [0.3, 0.4) is 0 Å². The van der Waals surface area contributed by atoms with Gasteiger partial charge >= 0.3 is 0 Å². The highest BCUT2D eigenvalue weighted by Gasteiger charge is 2.31. The van der Waals surface area contributed by atoms with Gasteiger partial charge in [0, 0.05) is 11.6 Å². The van der Waals surface area contributed by atoms with E-state index in [-0.39, 0.29) is 17.4 Å². The van der Waals surface area contributed by atoms with Crippen LogP contribution in [0.25, 0.3) is 0 Å². The summed E-state index contributed by atoms with van der Waals surface area (Å²) in [6, 6.07) is 5.54. The highest BCUT2D eigenvalue weighted by Crippen LogP contribution is 2.29. The topological polar surface area (TPSA) is 15.3 Å². The van der Waals surface area contributed by atoms with Crippen molar-refractivity contribution in [2.45, 2.75) is 32.4 Å². The third-order valence-electron chi connectivity index (χ3n) is 3.68. The first kappa shape index (κ1) is 14.1. The fourth-order valence-corrected chi connectivity index (χ4v) is 1.97. The van der Waals surface area contributed by atoms with E-state index >= 15 is 0 Å². The maximum Gasteiger partial charge on any atom is 0.126 e. The lowest BCUT2D eigenvalue weighted by Gasteiger charge is -2.40. The molecule has 0 spiro atoms. The molecule has 0 radical (unpaired) electrons. The summed E-state index contributed by atoms with van der Waals surface area (Å²) in [5.41, 5.74) is 1.58. The average molecular weight is 238 g/mol. The van der Waals surface area contributed by atoms with Crippen molar-refractivity contribution in [1.82, 2.24) is 10.2 Å². The quantitative estimate of drug-likeness (QED) is 0.867. The van der Waals surface area contributed by atoms with Gasteiger partial charge in [0.2, 0.25) is 0 Å². The van der Waals surface area contributed by atoms with E-state index in [1.54, 1.807) is 13.0 Å². The minimum absolute atomic E-state index is 0.0869. The molecule has 96 valence electrons. The number of rotatable bonds is 4. The van der Waals surface area contributed by atoms with Gasteiger partial charge in [-0.2, -0.15) is 0 Å².